The predicted molar refractivity (Wildman–Crippen MR) is 100 cm³/mol. The van der Waals surface area contributed by atoms with E-state index in [4.69, 9.17) is 11.6 Å². The topological polar surface area (TPSA) is 23.5 Å². The number of hydrogen-bond donors (Lipinski definition) is 1. The van der Waals surface area contributed by atoms with Crippen molar-refractivity contribution in [1.82, 2.24) is 4.90 Å². The van der Waals surface area contributed by atoms with Gasteiger partial charge in [0, 0.05) is 23.5 Å². The van der Waals surface area contributed by atoms with Crippen molar-refractivity contribution in [2.75, 3.05) is 20.1 Å². The van der Waals surface area contributed by atoms with Gasteiger partial charge in [-0.3, -0.25) is 0 Å². The molecule has 0 amide bonds. The zero-order valence-electron chi connectivity index (χ0n) is 14.7. The molecule has 0 aromatic heterocycles. The lowest BCUT2D eigenvalue weighted by Gasteiger charge is -2.56. The molecule has 1 heterocycles. The van der Waals surface area contributed by atoms with Gasteiger partial charge in [-0.2, -0.15) is 0 Å². The lowest BCUT2D eigenvalue weighted by atomic mass is 9.62. The number of halogens is 1. The Morgan fingerprint density at radius 2 is 1.79 bits per heavy atom. The van der Waals surface area contributed by atoms with Crippen LogP contribution in [0, 0.1) is 5.41 Å². The molecule has 3 rings (SSSR count). The molecular formula is C21H26ClNO. The smallest absolute Gasteiger partial charge is 0.122 e. The van der Waals surface area contributed by atoms with Crippen molar-refractivity contribution in [3.8, 4) is 0 Å². The minimum atomic E-state index is -1.05. The Bertz CT molecular complexity index is 706. The lowest BCUT2D eigenvalue weighted by Crippen LogP contribution is -2.63. The maximum absolute atomic E-state index is 11.9. The average molecular weight is 344 g/mol. The molecule has 1 atom stereocenters. The fourth-order valence-electron chi connectivity index (χ4n) is 4.15. The van der Waals surface area contributed by atoms with Crippen molar-refractivity contribution < 1.29 is 5.11 Å². The predicted octanol–water partition coefficient (Wildman–Crippen LogP) is 4.48. The summed E-state index contributed by atoms with van der Waals surface area (Å²) in [6.07, 6.45) is 2.19. The van der Waals surface area contributed by atoms with E-state index in [1.54, 1.807) is 0 Å². The van der Waals surface area contributed by atoms with Crippen LogP contribution in [-0.4, -0.2) is 30.1 Å². The first-order valence-electron chi connectivity index (χ1n) is 8.65. The molecule has 0 radical (unpaired) electrons. The molecule has 0 aliphatic carbocycles. The Labute approximate surface area is 150 Å². The Hall–Kier alpha value is -1.35. The highest BCUT2D eigenvalue weighted by Crippen LogP contribution is 2.50. The highest BCUT2D eigenvalue weighted by atomic mass is 35.5. The van der Waals surface area contributed by atoms with E-state index in [1.807, 2.05) is 24.3 Å². The maximum Gasteiger partial charge on any atom is 0.122 e. The zero-order valence-corrected chi connectivity index (χ0v) is 15.5. The number of rotatable bonds is 5. The molecule has 1 saturated heterocycles. The number of aryl methyl sites for hydroxylation is 1. The van der Waals surface area contributed by atoms with Gasteiger partial charge in [0.05, 0.1) is 0 Å². The number of nitrogens with zero attached hydrogens (tertiary/aromatic N) is 1. The molecule has 2 aromatic rings. The standard InChI is InChI=1S/C21H26ClNO/c1-4-6-16-9-11-17(12-10-16)21(24,20(2)14-23(3)15-20)18-7-5-8-19(22)13-18/h5,7-13,24H,4,6,14-15H2,1-3H3/t21-/m0/s1. The van der Waals surface area contributed by atoms with Crippen molar-refractivity contribution in [1.29, 1.82) is 0 Å². The van der Waals surface area contributed by atoms with Crippen molar-refractivity contribution in [3.05, 3.63) is 70.2 Å². The number of aliphatic hydroxyl groups is 1. The fourth-order valence-corrected chi connectivity index (χ4v) is 4.34. The SMILES string of the molecule is CCCc1ccc([C@](O)(c2cccc(Cl)c2)C2(C)CN(C)C2)cc1. The summed E-state index contributed by atoms with van der Waals surface area (Å²) >= 11 is 6.22. The molecule has 0 spiro atoms. The summed E-state index contributed by atoms with van der Waals surface area (Å²) < 4.78 is 0. The summed E-state index contributed by atoms with van der Waals surface area (Å²) in [4.78, 5) is 2.24. The molecular weight excluding hydrogens is 318 g/mol. The van der Waals surface area contributed by atoms with Gasteiger partial charge in [-0.25, -0.2) is 0 Å². The molecule has 2 nitrogen and oxygen atoms in total. The van der Waals surface area contributed by atoms with E-state index in [0.717, 1.165) is 37.1 Å². The highest BCUT2D eigenvalue weighted by molar-refractivity contribution is 6.30. The normalized spacial score (nSPS) is 19.5. The van der Waals surface area contributed by atoms with Crippen molar-refractivity contribution in [2.45, 2.75) is 32.3 Å². The molecule has 24 heavy (non-hydrogen) atoms. The average Bonchev–Trinajstić information content (AvgIpc) is 2.53. The van der Waals surface area contributed by atoms with Gasteiger partial charge in [0.25, 0.3) is 0 Å². The van der Waals surface area contributed by atoms with Gasteiger partial charge >= 0.3 is 0 Å². The summed E-state index contributed by atoms with van der Waals surface area (Å²) in [5.41, 5.74) is 1.84. The van der Waals surface area contributed by atoms with Gasteiger partial charge in [-0.05, 0) is 42.3 Å². The second-order valence-corrected chi connectivity index (χ2v) is 7.84. The van der Waals surface area contributed by atoms with Gasteiger partial charge in [0.15, 0.2) is 0 Å². The Morgan fingerprint density at radius 3 is 2.33 bits per heavy atom. The fraction of sp³-hybridized carbons (Fsp3) is 0.429. The quantitative estimate of drug-likeness (QED) is 0.865. The van der Waals surface area contributed by atoms with Crippen molar-refractivity contribution in [2.24, 2.45) is 5.41 Å². The Kier molecular flexibility index (Phi) is 4.74. The van der Waals surface area contributed by atoms with E-state index in [2.05, 4.69) is 50.1 Å². The van der Waals surface area contributed by atoms with Gasteiger partial charge < -0.3 is 10.0 Å². The molecule has 3 heteroatoms. The molecule has 2 aromatic carbocycles. The molecule has 1 N–H and O–H groups in total. The van der Waals surface area contributed by atoms with Crippen LogP contribution >= 0.6 is 11.6 Å². The first-order valence-corrected chi connectivity index (χ1v) is 9.03. The summed E-state index contributed by atoms with van der Waals surface area (Å²) in [5.74, 6) is 0. The van der Waals surface area contributed by atoms with E-state index >= 15 is 0 Å². The van der Waals surface area contributed by atoms with Crippen LogP contribution in [0.2, 0.25) is 5.02 Å². The van der Waals surface area contributed by atoms with Gasteiger partial charge in [0.1, 0.15) is 5.60 Å². The minimum absolute atomic E-state index is 0.237. The molecule has 128 valence electrons. The van der Waals surface area contributed by atoms with Crippen LogP contribution in [0.15, 0.2) is 48.5 Å². The van der Waals surface area contributed by atoms with E-state index in [1.165, 1.54) is 5.56 Å². The van der Waals surface area contributed by atoms with E-state index < -0.39 is 5.60 Å². The van der Waals surface area contributed by atoms with Gasteiger partial charge in [-0.1, -0.05) is 68.3 Å². The second-order valence-electron chi connectivity index (χ2n) is 7.40. The Morgan fingerprint density at radius 1 is 1.12 bits per heavy atom. The number of hydrogen-bond acceptors (Lipinski definition) is 2. The van der Waals surface area contributed by atoms with E-state index in [9.17, 15) is 5.11 Å². The monoisotopic (exact) mass is 343 g/mol. The van der Waals surface area contributed by atoms with Crippen LogP contribution in [0.3, 0.4) is 0 Å². The summed E-state index contributed by atoms with van der Waals surface area (Å²) in [7, 11) is 2.09. The summed E-state index contributed by atoms with van der Waals surface area (Å²) in [6, 6.07) is 16.1. The second kappa shape index (κ2) is 6.51. The van der Waals surface area contributed by atoms with E-state index in [-0.39, 0.29) is 5.41 Å². The van der Waals surface area contributed by atoms with Gasteiger partial charge in [-0.15, -0.1) is 0 Å². The number of benzene rings is 2. The van der Waals surface area contributed by atoms with Crippen molar-refractivity contribution >= 4 is 11.6 Å². The van der Waals surface area contributed by atoms with Crippen LogP contribution in [0.4, 0.5) is 0 Å². The lowest BCUT2D eigenvalue weighted by molar-refractivity contribution is -0.127. The van der Waals surface area contributed by atoms with Gasteiger partial charge in [0.2, 0.25) is 0 Å². The molecule has 1 aliphatic heterocycles. The molecule has 0 unspecified atom stereocenters. The van der Waals surface area contributed by atoms with Crippen LogP contribution in [0.1, 0.15) is 37.0 Å². The molecule has 0 saturated carbocycles. The Balaban J connectivity index is 2.08. The van der Waals surface area contributed by atoms with E-state index in [0.29, 0.717) is 5.02 Å². The van der Waals surface area contributed by atoms with Crippen LogP contribution in [0.25, 0.3) is 0 Å². The number of likely N-dealkylation sites (tertiary alicyclic amines) is 1. The third kappa shape index (κ3) is 2.88. The molecule has 0 bridgehead atoms. The van der Waals surface area contributed by atoms with Crippen LogP contribution in [-0.2, 0) is 12.0 Å². The van der Waals surface area contributed by atoms with Crippen LogP contribution in [0.5, 0.6) is 0 Å². The highest BCUT2D eigenvalue weighted by Gasteiger charge is 2.55. The first kappa shape index (κ1) is 17.5. The largest absolute Gasteiger partial charge is 0.380 e. The molecule has 1 aliphatic rings. The maximum atomic E-state index is 11.9. The van der Waals surface area contributed by atoms with Crippen LogP contribution < -0.4 is 0 Å². The minimum Gasteiger partial charge on any atom is -0.380 e. The van der Waals surface area contributed by atoms with Crippen molar-refractivity contribution in [3.63, 3.8) is 0 Å². The third-order valence-corrected chi connectivity index (χ3v) is 5.50. The molecule has 1 fully saturated rings. The third-order valence-electron chi connectivity index (χ3n) is 5.26. The zero-order chi connectivity index (χ0) is 17.4. The summed E-state index contributed by atoms with van der Waals surface area (Å²) in [5, 5.41) is 12.6. The first-order chi connectivity index (χ1) is 11.4. The summed E-state index contributed by atoms with van der Waals surface area (Å²) in [6.45, 7) is 6.05.